The van der Waals surface area contributed by atoms with Gasteiger partial charge in [-0.3, -0.25) is 10.6 Å². The molecule has 1 heterocycles. The topological polar surface area (TPSA) is 112 Å². The molecule has 0 saturated carbocycles. The molecule has 0 spiro atoms. The molecule has 17 heavy (non-hydrogen) atoms. The Morgan fingerprint density at radius 2 is 2.24 bits per heavy atom. The molecule has 1 aromatic heterocycles. The zero-order valence-electron chi connectivity index (χ0n) is 8.46. The number of hydrogen-bond acceptors (Lipinski definition) is 6. The van der Waals surface area contributed by atoms with Crippen molar-refractivity contribution in [1.29, 1.82) is 5.41 Å². The van der Waals surface area contributed by atoms with E-state index in [1.807, 2.05) is 6.07 Å². The number of amidine groups is 1. The molecule has 0 atom stereocenters. The van der Waals surface area contributed by atoms with E-state index in [-0.39, 0.29) is 17.3 Å². The van der Waals surface area contributed by atoms with Crippen LogP contribution >= 0.6 is 22.6 Å². The van der Waals surface area contributed by atoms with Gasteiger partial charge in [0.2, 0.25) is 0 Å². The van der Waals surface area contributed by atoms with E-state index >= 15 is 0 Å². The van der Waals surface area contributed by atoms with Gasteiger partial charge in [-0.15, -0.1) is 0 Å². The van der Waals surface area contributed by atoms with Crippen molar-refractivity contribution in [1.82, 2.24) is 10.3 Å². The Bertz CT molecular complexity index is 556. The van der Waals surface area contributed by atoms with Crippen LogP contribution in [0.25, 0.3) is 0 Å². The molecule has 0 amide bonds. The highest BCUT2D eigenvalue weighted by atomic mass is 127. The molecule has 0 fully saturated rings. The summed E-state index contributed by atoms with van der Waals surface area (Å²) in [4.78, 5) is 0. The van der Waals surface area contributed by atoms with Crippen LogP contribution in [0.2, 0.25) is 0 Å². The smallest absolute Gasteiger partial charge is 0.199 e. The van der Waals surface area contributed by atoms with Crippen molar-refractivity contribution in [3.8, 4) is 0 Å². The van der Waals surface area contributed by atoms with E-state index in [9.17, 15) is 5.21 Å². The van der Waals surface area contributed by atoms with Gasteiger partial charge >= 0.3 is 0 Å². The summed E-state index contributed by atoms with van der Waals surface area (Å²) in [7, 11) is 0. The maximum atomic E-state index is 9.85. The number of nitrogens with one attached hydrogen (secondary N) is 1. The largest absolute Gasteiger partial charge is 0.379 e. The lowest BCUT2D eigenvalue weighted by molar-refractivity contribution is 0.300. The molecule has 4 N–H and O–H groups in total. The highest BCUT2D eigenvalue weighted by molar-refractivity contribution is 14.1. The molecule has 2 aromatic rings. The van der Waals surface area contributed by atoms with E-state index in [4.69, 9.17) is 11.1 Å². The van der Waals surface area contributed by atoms with Crippen LogP contribution in [-0.2, 0) is 0 Å². The zero-order valence-corrected chi connectivity index (χ0v) is 10.6. The molecule has 1 aromatic carbocycles. The molecule has 0 aliphatic rings. The average Bonchev–Trinajstić information content (AvgIpc) is 2.73. The number of hydroxylamine groups is 1. The molecule has 0 unspecified atom stereocenters. The summed E-state index contributed by atoms with van der Waals surface area (Å²) >= 11 is 2.10. The molecule has 0 aliphatic carbocycles. The zero-order chi connectivity index (χ0) is 12.4. The van der Waals surface area contributed by atoms with E-state index in [1.165, 1.54) is 0 Å². The minimum atomic E-state index is -0.300. The highest BCUT2D eigenvalue weighted by Gasteiger charge is 2.19. The molecule has 0 bridgehead atoms. The SMILES string of the molecule is N=C(c1nonc1N)N(O)c1cccc(I)c1. The lowest BCUT2D eigenvalue weighted by Gasteiger charge is -2.15. The van der Waals surface area contributed by atoms with Gasteiger partial charge in [-0.2, -0.15) is 0 Å². The van der Waals surface area contributed by atoms with Crippen LogP contribution in [0, 0.1) is 8.98 Å². The molecule has 0 radical (unpaired) electrons. The third-order valence-electron chi connectivity index (χ3n) is 2.00. The maximum Gasteiger partial charge on any atom is 0.199 e. The minimum absolute atomic E-state index is 0.00800. The predicted octanol–water partition coefficient (Wildman–Crippen LogP) is 1.48. The number of halogens is 1. The number of nitrogens with two attached hydrogens (primary N) is 1. The van der Waals surface area contributed by atoms with Crippen LogP contribution in [0.3, 0.4) is 0 Å². The van der Waals surface area contributed by atoms with Crippen molar-refractivity contribution in [3.63, 3.8) is 0 Å². The van der Waals surface area contributed by atoms with E-state index in [0.29, 0.717) is 10.8 Å². The van der Waals surface area contributed by atoms with Gasteiger partial charge in [0, 0.05) is 3.57 Å². The van der Waals surface area contributed by atoms with Gasteiger partial charge < -0.3 is 5.73 Å². The number of anilines is 2. The van der Waals surface area contributed by atoms with Gasteiger partial charge in [-0.25, -0.2) is 9.69 Å². The van der Waals surface area contributed by atoms with Gasteiger partial charge in [0.05, 0.1) is 5.69 Å². The van der Waals surface area contributed by atoms with Gasteiger partial charge in [-0.05, 0) is 51.1 Å². The van der Waals surface area contributed by atoms with Gasteiger partial charge in [0.1, 0.15) is 0 Å². The number of benzene rings is 1. The van der Waals surface area contributed by atoms with E-state index < -0.39 is 0 Å². The Hall–Kier alpha value is -1.68. The summed E-state index contributed by atoms with van der Waals surface area (Å²) in [6.07, 6.45) is 0. The molecule has 0 aliphatic heterocycles. The average molecular weight is 345 g/mol. The molecule has 2 rings (SSSR count). The molecular formula is C9H8IN5O2. The van der Waals surface area contributed by atoms with Crippen LogP contribution in [0.5, 0.6) is 0 Å². The summed E-state index contributed by atoms with van der Waals surface area (Å²) in [6.45, 7) is 0. The van der Waals surface area contributed by atoms with E-state index in [0.717, 1.165) is 3.57 Å². The molecule has 7 nitrogen and oxygen atoms in total. The maximum absolute atomic E-state index is 9.85. The van der Waals surface area contributed by atoms with Gasteiger partial charge in [0.25, 0.3) is 0 Å². The lowest BCUT2D eigenvalue weighted by atomic mass is 10.3. The van der Waals surface area contributed by atoms with Gasteiger partial charge in [0.15, 0.2) is 17.3 Å². The highest BCUT2D eigenvalue weighted by Crippen LogP contribution is 2.18. The van der Waals surface area contributed by atoms with Gasteiger partial charge in [-0.1, -0.05) is 6.07 Å². The number of aromatic nitrogens is 2. The van der Waals surface area contributed by atoms with E-state index in [2.05, 4.69) is 37.5 Å². The molecule has 8 heteroatoms. The number of nitrogens with zero attached hydrogens (tertiary/aromatic N) is 3. The summed E-state index contributed by atoms with van der Waals surface area (Å²) in [5, 5.41) is 25.0. The summed E-state index contributed by atoms with van der Waals surface area (Å²) in [5.74, 6) is -0.342. The lowest BCUT2D eigenvalue weighted by Crippen LogP contribution is -2.28. The first-order valence-electron chi connectivity index (χ1n) is 4.51. The second-order valence-corrected chi connectivity index (χ2v) is 4.38. The predicted molar refractivity (Wildman–Crippen MR) is 69.0 cm³/mol. The summed E-state index contributed by atoms with van der Waals surface area (Å²) in [5.41, 5.74) is 5.87. The van der Waals surface area contributed by atoms with Crippen molar-refractivity contribution in [2.75, 3.05) is 10.8 Å². The monoisotopic (exact) mass is 345 g/mol. The number of nitrogen functional groups attached to an aromatic ring is 1. The number of hydrogen-bond donors (Lipinski definition) is 3. The van der Waals surface area contributed by atoms with Crippen LogP contribution in [-0.4, -0.2) is 21.4 Å². The van der Waals surface area contributed by atoms with Crippen molar-refractivity contribution in [2.24, 2.45) is 0 Å². The third-order valence-corrected chi connectivity index (χ3v) is 2.67. The van der Waals surface area contributed by atoms with Crippen molar-refractivity contribution >= 4 is 39.9 Å². The quantitative estimate of drug-likeness (QED) is 0.329. The minimum Gasteiger partial charge on any atom is -0.379 e. The fourth-order valence-corrected chi connectivity index (χ4v) is 1.72. The van der Waals surface area contributed by atoms with Crippen LogP contribution in [0.1, 0.15) is 5.69 Å². The first-order chi connectivity index (χ1) is 8.09. The van der Waals surface area contributed by atoms with Crippen molar-refractivity contribution < 1.29 is 9.84 Å². The first kappa shape index (κ1) is 11.8. The Morgan fingerprint density at radius 3 is 2.82 bits per heavy atom. The second-order valence-electron chi connectivity index (χ2n) is 3.14. The summed E-state index contributed by atoms with van der Waals surface area (Å²) < 4.78 is 5.30. The third kappa shape index (κ3) is 2.36. The normalized spacial score (nSPS) is 10.2. The van der Waals surface area contributed by atoms with Crippen molar-refractivity contribution in [2.45, 2.75) is 0 Å². The standard InChI is InChI=1S/C9H8IN5O2/c10-5-2-1-3-6(4-5)15(16)9(12)7-8(11)14-17-13-7/h1-4,12,16H,(H2,11,14). The van der Waals surface area contributed by atoms with Crippen LogP contribution < -0.4 is 10.8 Å². The van der Waals surface area contributed by atoms with E-state index in [1.54, 1.807) is 18.2 Å². The first-order valence-corrected chi connectivity index (χ1v) is 5.59. The molecular weight excluding hydrogens is 337 g/mol. The van der Waals surface area contributed by atoms with Crippen LogP contribution in [0.15, 0.2) is 28.9 Å². The fourth-order valence-electron chi connectivity index (χ4n) is 1.20. The Balaban J connectivity index is 2.30. The Morgan fingerprint density at radius 1 is 1.47 bits per heavy atom. The summed E-state index contributed by atoms with van der Waals surface area (Å²) in [6, 6.07) is 6.99. The Labute approximate surface area is 110 Å². The molecule has 88 valence electrons. The Kier molecular flexibility index (Phi) is 3.24. The van der Waals surface area contributed by atoms with Crippen molar-refractivity contribution in [3.05, 3.63) is 33.5 Å². The molecule has 0 saturated heterocycles. The van der Waals surface area contributed by atoms with Crippen LogP contribution in [0.4, 0.5) is 11.5 Å². The second kappa shape index (κ2) is 4.67. The fraction of sp³-hybridized carbons (Fsp3) is 0. The number of rotatable bonds is 2.